The molecule has 0 aliphatic heterocycles. The quantitative estimate of drug-likeness (QED) is 0.726. The van der Waals surface area contributed by atoms with Crippen molar-refractivity contribution in [3.05, 3.63) is 0 Å². The molecule has 0 aromatic carbocycles. The topological polar surface area (TPSA) is 64.4 Å². The van der Waals surface area contributed by atoms with Crippen molar-refractivity contribution in [2.45, 2.75) is 56.9 Å². The molecule has 0 aromatic heterocycles. The number of amides is 1. The van der Waals surface area contributed by atoms with Crippen LogP contribution < -0.4 is 11.1 Å². The van der Waals surface area contributed by atoms with E-state index in [-0.39, 0.29) is 0 Å². The summed E-state index contributed by atoms with van der Waals surface area (Å²) in [6.07, 6.45) is 9.99. The normalized spacial score (nSPS) is 39.5. The third-order valence-electron chi connectivity index (χ3n) is 5.35. The lowest BCUT2D eigenvalue weighted by molar-refractivity contribution is -0.0197. The Hall–Kier alpha value is -0.770. The molecule has 1 amide bonds. The summed E-state index contributed by atoms with van der Waals surface area (Å²) in [6, 6.07) is 0. The zero-order chi connectivity index (χ0) is 13.3. The van der Waals surface area contributed by atoms with Crippen molar-refractivity contribution in [1.82, 2.24) is 5.32 Å². The van der Waals surface area contributed by atoms with Gasteiger partial charge in [-0.05, 0) is 75.7 Å². The smallest absolute Gasteiger partial charge is 0.404 e. The number of primary amides is 1. The zero-order valence-electron chi connectivity index (χ0n) is 11.7. The predicted molar refractivity (Wildman–Crippen MR) is 73.7 cm³/mol. The molecule has 4 bridgehead atoms. The minimum absolute atomic E-state index is 0.456. The van der Waals surface area contributed by atoms with Crippen molar-refractivity contribution < 1.29 is 9.53 Å². The van der Waals surface area contributed by atoms with Crippen LogP contribution >= 0.6 is 0 Å². The van der Waals surface area contributed by atoms with E-state index in [0.717, 1.165) is 37.1 Å². The fourth-order valence-corrected chi connectivity index (χ4v) is 5.08. The number of carbonyl (C=O) groups is 1. The van der Waals surface area contributed by atoms with E-state index in [0.29, 0.717) is 12.1 Å². The average Bonchev–Trinajstić information content (AvgIpc) is 2.31. The average molecular weight is 266 g/mol. The molecule has 4 nitrogen and oxygen atoms in total. The number of unbranched alkanes of at least 4 members (excludes halogenated alkanes) is 1. The van der Waals surface area contributed by atoms with Crippen LogP contribution in [0.4, 0.5) is 4.79 Å². The molecule has 0 radical (unpaired) electrons. The Morgan fingerprint density at radius 3 is 2.21 bits per heavy atom. The van der Waals surface area contributed by atoms with E-state index < -0.39 is 6.09 Å². The van der Waals surface area contributed by atoms with Gasteiger partial charge in [-0.1, -0.05) is 0 Å². The van der Waals surface area contributed by atoms with Gasteiger partial charge in [0.25, 0.3) is 0 Å². The number of carbonyl (C=O) groups excluding carboxylic acids is 1. The molecule has 0 heterocycles. The Bertz CT molecular complexity index is 308. The zero-order valence-corrected chi connectivity index (χ0v) is 11.7. The van der Waals surface area contributed by atoms with Crippen LogP contribution in [0, 0.1) is 17.8 Å². The Labute approximate surface area is 115 Å². The van der Waals surface area contributed by atoms with Crippen molar-refractivity contribution >= 4 is 6.09 Å². The molecule has 0 unspecified atom stereocenters. The van der Waals surface area contributed by atoms with Gasteiger partial charge in [-0.15, -0.1) is 0 Å². The van der Waals surface area contributed by atoms with Crippen molar-refractivity contribution in [1.29, 1.82) is 0 Å². The number of hydrogen-bond donors (Lipinski definition) is 2. The highest BCUT2D eigenvalue weighted by atomic mass is 16.5. The van der Waals surface area contributed by atoms with Gasteiger partial charge in [0.1, 0.15) is 0 Å². The van der Waals surface area contributed by atoms with Gasteiger partial charge in [-0.3, -0.25) is 0 Å². The molecule has 4 saturated carbocycles. The summed E-state index contributed by atoms with van der Waals surface area (Å²) in [4.78, 5) is 10.4. The van der Waals surface area contributed by atoms with E-state index in [4.69, 9.17) is 10.5 Å². The van der Waals surface area contributed by atoms with E-state index in [2.05, 4.69) is 5.32 Å². The van der Waals surface area contributed by atoms with Crippen LogP contribution in [0.5, 0.6) is 0 Å². The van der Waals surface area contributed by atoms with E-state index >= 15 is 0 Å². The van der Waals surface area contributed by atoms with Gasteiger partial charge >= 0.3 is 6.09 Å². The van der Waals surface area contributed by atoms with Gasteiger partial charge in [-0.2, -0.15) is 0 Å². The molecule has 0 spiro atoms. The molecule has 4 aliphatic carbocycles. The Morgan fingerprint density at radius 2 is 1.68 bits per heavy atom. The highest BCUT2D eigenvalue weighted by Crippen LogP contribution is 2.55. The summed E-state index contributed by atoms with van der Waals surface area (Å²) in [5.74, 6) is 2.99. The molecule has 4 heteroatoms. The molecule has 108 valence electrons. The van der Waals surface area contributed by atoms with Gasteiger partial charge in [0.2, 0.25) is 0 Å². The van der Waals surface area contributed by atoms with Gasteiger partial charge in [-0.25, -0.2) is 4.79 Å². The van der Waals surface area contributed by atoms with Crippen molar-refractivity contribution in [2.24, 2.45) is 23.5 Å². The van der Waals surface area contributed by atoms with Crippen LogP contribution in [0.15, 0.2) is 0 Å². The summed E-state index contributed by atoms with van der Waals surface area (Å²) >= 11 is 0. The molecule has 19 heavy (non-hydrogen) atoms. The van der Waals surface area contributed by atoms with Gasteiger partial charge in [0.15, 0.2) is 0 Å². The van der Waals surface area contributed by atoms with Crippen LogP contribution in [0.2, 0.25) is 0 Å². The molecule has 0 aromatic rings. The maximum atomic E-state index is 10.4. The number of nitrogens with two attached hydrogens (primary N) is 1. The second kappa shape index (κ2) is 5.31. The summed E-state index contributed by atoms with van der Waals surface area (Å²) in [5, 5.41) is 3.84. The van der Waals surface area contributed by atoms with E-state index in [9.17, 15) is 4.79 Å². The third-order valence-corrected chi connectivity index (χ3v) is 5.35. The molecular weight excluding hydrogens is 240 g/mol. The lowest BCUT2D eigenvalue weighted by Gasteiger charge is -2.57. The first-order valence-corrected chi connectivity index (χ1v) is 7.82. The predicted octanol–water partition coefficient (Wildman–Crippen LogP) is 2.42. The van der Waals surface area contributed by atoms with E-state index in [1.807, 2.05) is 0 Å². The Balaban J connectivity index is 1.39. The molecule has 0 atom stereocenters. The standard InChI is InChI=1S/C15H26N2O2/c16-14(18)19-4-2-1-3-17-15-8-11-5-12(9-15)7-13(6-11)10-15/h11-13,17H,1-10H2,(H2,16,18). The van der Waals surface area contributed by atoms with E-state index in [1.165, 1.54) is 38.5 Å². The third kappa shape index (κ3) is 3.04. The van der Waals surface area contributed by atoms with Crippen molar-refractivity contribution in [2.75, 3.05) is 13.2 Å². The minimum Gasteiger partial charge on any atom is -0.450 e. The van der Waals surface area contributed by atoms with Gasteiger partial charge in [0, 0.05) is 5.54 Å². The maximum Gasteiger partial charge on any atom is 0.404 e. The highest BCUT2D eigenvalue weighted by molar-refractivity contribution is 5.64. The molecular formula is C15H26N2O2. The summed E-state index contributed by atoms with van der Waals surface area (Å²) < 4.78 is 4.75. The second-order valence-electron chi connectivity index (χ2n) is 7.00. The van der Waals surface area contributed by atoms with Crippen LogP contribution in [-0.2, 0) is 4.74 Å². The fourth-order valence-electron chi connectivity index (χ4n) is 5.08. The van der Waals surface area contributed by atoms with Crippen molar-refractivity contribution in [3.63, 3.8) is 0 Å². The Kier molecular flexibility index (Phi) is 3.70. The largest absolute Gasteiger partial charge is 0.450 e. The first-order valence-electron chi connectivity index (χ1n) is 7.82. The second-order valence-corrected chi connectivity index (χ2v) is 7.00. The summed E-state index contributed by atoms with van der Waals surface area (Å²) in [7, 11) is 0. The van der Waals surface area contributed by atoms with Crippen LogP contribution in [0.1, 0.15) is 51.4 Å². The van der Waals surface area contributed by atoms with E-state index in [1.54, 1.807) is 0 Å². The number of rotatable bonds is 6. The Morgan fingerprint density at radius 1 is 1.11 bits per heavy atom. The molecule has 4 aliphatic rings. The minimum atomic E-state index is -0.658. The molecule has 4 rings (SSSR count). The van der Waals surface area contributed by atoms with Gasteiger partial charge in [0.05, 0.1) is 6.61 Å². The maximum absolute atomic E-state index is 10.4. The number of hydrogen-bond acceptors (Lipinski definition) is 3. The number of ether oxygens (including phenoxy) is 1. The molecule has 4 fully saturated rings. The van der Waals surface area contributed by atoms with Crippen LogP contribution in [0.25, 0.3) is 0 Å². The van der Waals surface area contributed by atoms with Crippen LogP contribution in [-0.4, -0.2) is 24.8 Å². The summed E-state index contributed by atoms with van der Waals surface area (Å²) in [6.45, 7) is 1.51. The first-order chi connectivity index (χ1) is 9.15. The van der Waals surface area contributed by atoms with Crippen LogP contribution in [0.3, 0.4) is 0 Å². The summed E-state index contributed by atoms with van der Waals surface area (Å²) in [5.41, 5.74) is 5.39. The lowest BCUT2D eigenvalue weighted by atomic mass is 9.53. The van der Waals surface area contributed by atoms with Gasteiger partial charge < -0.3 is 15.8 Å². The first kappa shape index (κ1) is 13.2. The molecule has 0 saturated heterocycles. The molecule has 3 N–H and O–H groups in total. The monoisotopic (exact) mass is 266 g/mol. The highest BCUT2D eigenvalue weighted by Gasteiger charge is 2.50. The van der Waals surface area contributed by atoms with Crippen molar-refractivity contribution in [3.8, 4) is 0 Å². The SMILES string of the molecule is NC(=O)OCCCCNC12CC3CC(CC(C3)C1)C2. The number of nitrogens with one attached hydrogen (secondary N) is 1. The lowest BCUT2D eigenvalue weighted by Crippen LogP contribution is -2.58. The fraction of sp³-hybridized carbons (Fsp3) is 0.933.